The van der Waals surface area contributed by atoms with E-state index in [2.05, 4.69) is 177 Å². The molecule has 54 heavy (non-hydrogen) atoms. The van der Waals surface area contributed by atoms with E-state index < -0.39 is 16.1 Å². The summed E-state index contributed by atoms with van der Waals surface area (Å²) in [5.74, 6) is 8.10. The molecule has 0 unspecified atom stereocenters. The Morgan fingerprint density at radius 2 is 0.759 bits per heavy atom. The second-order valence-electron chi connectivity index (χ2n) is 17.1. The molecule has 7 rings (SSSR count). The molecule has 0 bridgehead atoms. The van der Waals surface area contributed by atoms with Crippen LogP contribution in [0.3, 0.4) is 0 Å². The van der Waals surface area contributed by atoms with Gasteiger partial charge in [-0.05, 0) is 114 Å². The molecule has 0 N–H and O–H groups in total. The lowest BCUT2D eigenvalue weighted by Gasteiger charge is -2.38. The minimum atomic E-state index is -2.02. The summed E-state index contributed by atoms with van der Waals surface area (Å²) >= 11 is 7.45. The first-order valence-corrected chi connectivity index (χ1v) is 27.6. The molecule has 0 saturated carbocycles. The zero-order valence-corrected chi connectivity index (χ0v) is 39.3. The third-order valence-electron chi connectivity index (χ3n) is 12.5. The van der Waals surface area contributed by atoms with Crippen molar-refractivity contribution >= 4 is 103 Å². The molecule has 3 aromatic carbocycles. The van der Waals surface area contributed by atoms with E-state index in [-0.39, 0.29) is 0 Å². The molecule has 278 valence electrons. The second kappa shape index (κ2) is 15.2. The largest absolute Gasteiger partial charge is 0.146 e. The predicted molar refractivity (Wildman–Crippen MR) is 255 cm³/mol. The topological polar surface area (TPSA) is 0 Å². The fourth-order valence-corrected chi connectivity index (χ4v) is 24.1. The molecule has 6 heteroatoms. The second-order valence-corrected chi connectivity index (χ2v) is 32.3. The van der Waals surface area contributed by atoms with Gasteiger partial charge in [0.25, 0.3) is 0 Å². The van der Waals surface area contributed by atoms with E-state index in [1.54, 1.807) is 0 Å². The van der Waals surface area contributed by atoms with Crippen LogP contribution in [-0.2, 0) is 0 Å². The van der Waals surface area contributed by atoms with Crippen molar-refractivity contribution in [3.8, 4) is 42.4 Å². The molecule has 7 aromatic rings. The van der Waals surface area contributed by atoms with Gasteiger partial charge < -0.3 is 0 Å². The van der Waals surface area contributed by atoms with Crippen molar-refractivity contribution in [2.24, 2.45) is 0 Å². The Kier molecular flexibility index (Phi) is 11.1. The molecule has 0 spiro atoms. The van der Waals surface area contributed by atoms with Gasteiger partial charge in [0.15, 0.2) is 0 Å². The highest BCUT2D eigenvalue weighted by molar-refractivity contribution is 7.26. The Morgan fingerprint density at radius 1 is 0.426 bits per heavy atom. The van der Waals surface area contributed by atoms with Crippen molar-refractivity contribution in [2.75, 3.05) is 0 Å². The standard InChI is InChI=1S/C48H54S4Si2/c1-29(2)53(30(3)4,31(5)6)21-17-37-39-23-35-25-47(43-15-13-19-49-43)52-46(35)28-42(39)38(18-22-54(32(7)8,33(9)10)34(11)12)40-24-36-26-48(44-16-14-20-50-44)51-45(36)27-41(37)40/h13-16,19-20,23-34H,1-12H3. The average Bonchev–Trinajstić information content (AvgIpc) is 3.93. The zero-order chi connectivity index (χ0) is 38.7. The van der Waals surface area contributed by atoms with E-state index in [9.17, 15) is 0 Å². The first-order chi connectivity index (χ1) is 25.7. The summed E-state index contributed by atoms with van der Waals surface area (Å²) in [5, 5.41) is 12.0. The third-order valence-corrected chi connectivity index (χ3v) is 29.4. The van der Waals surface area contributed by atoms with Gasteiger partial charge in [0.05, 0.1) is 0 Å². The SMILES string of the molecule is CC(C)[Si](C#Cc1c2cc3cc(-c4cccs4)sc3cc2c(C#C[Si](C(C)C)(C(C)C)C(C)C)c2cc3cc(-c4cccs4)sc3cc12)(C(C)C)C(C)C. The molecule has 0 aliphatic heterocycles. The number of thiophene rings is 4. The molecule has 0 amide bonds. The van der Waals surface area contributed by atoms with Crippen LogP contribution < -0.4 is 0 Å². The molecule has 0 radical (unpaired) electrons. The Bertz CT molecular complexity index is 2270. The summed E-state index contributed by atoms with van der Waals surface area (Å²) in [6.07, 6.45) is 0. The quantitative estimate of drug-likeness (QED) is 0.0814. The Balaban J connectivity index is 1.66. The van der Waals surface area contributed by atoms with E-state index in [1.165, 1.54) is 72.4 Å². The monoisotopic (exact) mass is 814 g/mol. The number of benzene rings is 3. The highest BCUT2D eigenvalue weighted by Gasteiger charge is 2.43. The van der Waals surface area contributed by atoms with Gasteiger partial charge in [-0.3, -0.25) is 0 Å². The fourth-order valence-electron chi connectivity index (χ4n) is 9.85. The van der Waals surface area contributed by atoms with E-state index in [4.69, 9.17) is 0 Å². The highest BCUT2D eigenvalue weighted by Crippen LogP contribution is 2.46. The van der Waals surface area contributed by atoms with E-state index in [1.807, 2.05) is 45.3 Å². The van der Waals surface area contributed by atoms with Crippen molar-refractivity contribution in [3.63, 3.8) is 0 Å². The van der Waals surface area contributed by atoms with Crippen molar-refractivity contribution in [1.82, 2.24) is 0 Å². The first kappa shape index (κ1) is 39.3. The lowest BCUT2D eigenvalue weighted by Crippen LogP contribution is -2.43. The van der Waals surface area contributed by atoms with Gasteiger partial charge in [-0.25, -0.2) is 0 Å². The van der Waals surface area contributed by atoms with Crippen molar-refractivity contribution in [2.45, 2.75) is 116 Å². The molecule has 4 heterocycles. The van der Waals surface area contributed by atoms with E-state index >= 15 is 0 Å². The van der Waals surface area contributed by atoms with Crippen LogP contribution in [0.15, 0.2) is 71.4 Å². The maximum Gasteiger partial charge on any atom is 0.146 e. The van der Waals surface area contributed by atoms with Crippen LogP contribution in [0.2, 0.25) is 33.2 Å². The van der Waals surface area contributed by atoms with Gasteiger partial charge >= 0.3 is 0 Å². The maximum absolute atomic E-state index is 4.17. The van der Waals surface area contributed by atoms with Crippen molar-refractivity contribution in [3.05, 3.63) is 82.6 Å². The van der Waals surface area contributed by atoms with Gasteiger partial charge in [0.1, 0.15) is 16.1 Å². The van der Waals surface area contributed by atoms with Crippen molar-refractivity contribution < 1.29 is 0 Å². The summed E-state index contributed by atoms with van der Waals surface area (Å²) in [6, 6.07) is 23.5. The molecule has 0 saturated heterocycles. The predicted octanol–water partition coefficient (Wildman–Crippen LogP) is 17.0. The number of fused-ring (bicyclic) bond motifs is 4. The summed E-state index contributed by atoms with van der Waals surface area (Å²) in [5.41, 5.74) is 14.1. The molecule has 0 atom stereocenters. The summed E-state index contributed by atoms with van der Waals surface area (Å²) in [6.45, 7) is 29.1. The normalized spacial score (nSPS) is 12.8. The Hall–Kier alpha value is -2.95. The van der Waals surface area contributed by atoms with Crippen LogP contribution >= 0.6 is 45.3 Å². The van der Waals surface area contributed by atoms with Gasteiger partial charge in [-0.15, -0.1) is 56.4 Å². The highest BCUT2D eigenvalue weighted by atomic mass is 32.1. The molecular formula is C48H54S4Si2. The van der Waals surface area contributed by atoms with Crippen LogP contribution in [0.4, 0.5) is 0 Å². The minimum absolute atomic E-state index is 0.558. The van der Waals surface area contributed by atoms with Gasteiger partial charge in [-0.1, -0.05) is 107 Å². The van der Waals surface area contributed by atoms with Gasteiger partial charge in [0.2, 0.25) is 0 Å². The Morgan fingerprint density at radius 3 is 1.06 bits per heavy atom. The lowest BCUT2D eigenvalue weighted by molar-refractivity contribution is 0.838. The van der Waals surface area contributed by atoms with Gasteiger partial charge in [0, 0.05) is 50.8 Å². The summed E-state index contributed by atoms with van der Waals surface area (Å²) in [4.78, 5) is 5.32. The van der Waals surface area contributed by atoms with Crippen LogP contribution in [0, 0.1) is 22.9 Å². The number of hydrogen-bond acceptors (Lipinski definition) is 4. The maximum atomic E-state index is 4.17. The Labute approximate surface area is 342 Å². The molecule has 0 aliphatic carbocycles. The van der Waals surface area contributed by atoms with Crippen LogP contribution in [-0.4, -0.2) is 16.1 Å². The first-order valence-electron chi connectivity index (χ1n) is 19.7. The third kappa shape index (κ3) is 6.60. The molecule has 0 fully saturated rings. The molecule has 0 aliphatic rings. The van der Waals surface area contributed by atoms with E-state index in [0.29, 0.717) is 33.2 Å². The minimum Gasteiger partial charge on any atom is -0.143 e. The van der Waals surface area contributed by atoms with Gasteiger partial charge in [-0.2, -0.15) is 0 Å². The zero-order valence-electron chi connectivity index (χ0n) is 34.0. The smallest absolute Gasteiger partial charge is 0.143 e. The van der Waals surface area contributed by atoms with Crippen molar-refractivity contribution in [1.29, 1.82) is 0 Å². The number of rotatable bonds is 8. The molecule has 0 nitrogen and oxygen atoms in total. The summed E-state index contributed by atoms with van der Waals surface area (Å²) < 4.78 is 2.64. The van der Waals surface area contributed by atoms with Crippen LogP contribution in [0.5, 0.6) is 0 Å². The number of hydrogen-bond donors (Lipinski definition) is 0. The van der Waals surface area contributed by atoms with E-state index in [0.717, 1.165) is 0 Å². The van der Waals surface area contributed by atoms with Crippen LogP contribution in [0.25, 0.3) is 61.2 Å². The molecule has 4 aromatic heterocycles. The summed E-state index contributed by atoms with van der Waals surface area (Å²) in [7, 11) is -4.05. The average molecular weight is 815 g/mol. The molecular weight excluding hydrogens is 761 g/mol. The lowest BCUT2D eigenvalue weighted by atomic mass is 9.91. The van der Waals surface area contributed by atoms with Crippen LogP contribution in [0.1, 0.15) is 94.2 Å². The fraction of sp³-hybridized carbons (Fsp3) is 0.375.